The number of H-pyrrole nitrogens is 1. The highest BCUT2D eigenvalue weighted by Crippen LogP contribution is 2.30. The number of nitrogens with one attached hydrogen (secondary N) is 1. The number of anilines is 1. The van der Waals surface area contributed by atoms with Crippen molar-refractivity contribution in [2.45, 2.75) is 27.7 Å². The average molecular weight is 410 g/mol. The zero-order chi connectivity index (χ0) is 21.3. The summed E-state index contributed by atoms with van der Waals surface area (Å²) in [6.07, 6.45) is 3.32. The first-order valence-corrected chi connectivity index (χ1v) is 11.1. The van der Waals surface area contributed by atoms with Gasteiger partial charge >= 0.3 is 0 Å². The number of hydrogen-bond donors (Lipinski definition) is 1. The molecule has 0 saturated heterocycles. The Kier molecular flexibility index (Phi) is 8.16. The SMILES string of the molecule is CCN(CC)CCN(CCN(CC)CC)c1ccccc1-c1nc2ncncc2[nH]1. The molecule has 3 rings (SSSR count). The highest BCUT2D eigenvalue weighted by Gasteiger charge is 2.17. The van der Waals surface area contributed by atoms with Gasteiger partial charge in [-0.05, 0) is 38.3 Å². The van der Waals surface area contributed by atoms with Crippen molar-refractivity contribution in [1.82, 2.24) is 29.7 Å². The maximum atomic E-state index is 4.73. The van der Waals surface area contributed by atoms with E-state index in [1.165, 1.54) is 5.69 Å². The number of fused-ring (bicyclic) bond motifs is 1. The van der Waals surface area contributed by atoms with Gasteiger partial charge in [-0.1, -0.05) is 39.8 Å². The quantitative estimate of drug-likeness (QED) is 0.494. The van der Waals surface area contributed by atoms with Crippen LogP contribution in [0.5, 0.6) is 0 Å². The Morgan fingerprint density at radius 2 is 1.47 bits per heavy atom. The normalized spacial score (nSPS) is 11.7. The van der Waals surface area contributed by atoms with Gasteiger partial charge in [-0.3, -0.25) is 0 Å². The van der Waals surface area contributed by atoms with Gasteiger partial charge in [0.25, 0.3) is 0 Å². The Hall–Kier alpha value is -2.51. The third kappa shape index (κ3) is 5.34. The monoisotopic (exact) mass is 409 g/mol. The van der Waals surface area contributed by atoms with Crippen molar-refractivity contribution in [2.24, 2.45) is 0 Å². The molecule has 1 N–H and O–H groups in total. The predicted molar refractivity (Wildman–Crippen MR) is 125 cm³/mol. The highest BCUT2D eigenvalue weighted by molar-refractivity contribution is 5.80. The molecule has 2 aromatic heterocycles. The molecule has 7 heteroatoms. The van der Waals surface area contributed by atoms with E-state index in [0.717, 1.165) is 69.3 Å². The van der Waals surface area contributed by atoms with Gasteiger partial charge in [0.1, 0.15) is 17.7 Å². The number of hydrogen-bond acceptors (Lipinski definition) is 6. The van der Waals surface area contributed by atoms with E-state index in [9.17, 15) is 0 Å². The summed E-state index contributed by atoms with van der Waals surface area (Å²) in [7, 11) is 0. The molecule has 7 nitrogen and oxygen atoms in total. The van der Waals surface area contributed by atoms with Crippen LogP contribution in [0.2, 0.25) is 0 Å². The van der Waals surface area contributed by atoms with Crippen LogP contribution in [0.3, 0.4) is 0 Å². The predicted octanol–water partition coefficient (Wildman–Crippen LogP) is 3.51. The van der Waals surface area contributed by atoms with E-state index in [0.29, 0.717) is 5.65 Å². The van der Waals surface area contributed by atoms with Crippen LogP contribution in [0.1, 0.15) is 27.7 Å². The Morgan fingerprint density at radius 1 is 0.833 bits per heavy atom. The van der Waals surface area contributed by atoms with Gasteiger partial charge in [0, 0.05) is 37.4 Å². The van der Waals surface area contributed by atoms with E-state index in [4.69, 9.17) is 4.98 Å². The van der Waals surface area contributed by atoms with Crippen molar-refractivity contribution in [1.29, 1.82) is 0 Å². The summed E-state index contributed by atoms with van der Waals surface area (Å²) >= 11 is 0. The van der Waals surface area contributed by atoms with E-state index in [2.05, 4.69) is 81.6 Å². The second-order valence-electron chi connectivity index (χ2n) is 7.40. The van der Waals surface area contributed by atoms with Gasteiger partial charge in [0.15, 0.2) is 5.65 Å². The van der Waals surface area contributed by atoms with Crippen molar-refractivity contribution in [3.63, 3.8) is 0 Å². The van der Waals surface area contributed by atoms with Gasteiger partial charge in [0.05, 0.1) is 6.20 Å². The number of rotatable bonds is 12. The van der Waals surface area contributed by atoms with E-state index in [1.807, 2.05) is 0 Å². The first-order valence-electron chi connectivity index (χ1n) is 11.1. The molecule has 0 fully saturated rings. The molecule has 0 unspecified atom stereocenters. The van der Waals surface area contributed by atoms with Gasteiger partial charge < -0.3 is 19.7 Å². The fraction of sp³-hybridized carbons (Fsp3) is 0.522. The summed E-state index contributed by atoms with van der Waals surface area (Å²) in [6.45, 7) is 17.3. The van der Waals surface area contributed by atoms with Crippen molar-refractivity contribution < 1.29 is 0 Å². The summed E-state index contributed by atoms with van der Waals surface area (Å²) in [5.41, 5.74) is 3.88. The number of imidazole rings is 1. The molecule has 0 radical (unpaired) electrons. The Labute approximate surface area is 180 Å². The van der Waals surface area contributed by atoms with Crippen LogP contribution in [-0.4, -0.2) is 82.1 Å². The number of benzene rings is 1. The number of para-hydroxylation sites is 1. The topological polar surface area (TPSA) is 64.2 Å². The highest BCUT2D eigenvalue weighted by atomic mass is 15.2. The summed E-state index contributed by atoms with van der Waals surface area (Å²) < 4.78 is 0. The first-order chi connectivity index (χ1) is 14.7. The number of likely N-dealkylation sites (N-methyl/N-ethyl adjacent to an activating group) is 2. The Morgan fingerprint density at radius 3 is 2.07 bits per heavy atom. The summed E-state index contributed by atoms with van der Waals surface area (Å²) in [6, 6.07) is 8.54. The van der Waals surface area contributed by atoms with Crippen molar-refractivity contribution in [2.75, 3.05) is 57.3 Å². The molecule has 0 atom stereocenters. The minimum absolute atomic E-state index is 0.702. The standard InChI is InChI=1S/C23H35N7/c1-5-28(6-2)13-15-30(16-14-29(7-3)8-4)21-12-10-9-11-19(21)22-26-20-17-24-18-25-23(20)27-22/h9-12,17-18H,5-8,13-16H2,1-4H3,(H,24,25,26,27). The lowest BCUT2D eigenvalue weighted by atomic mass is 10.1. The Balaban J connectivity index is 1.91. The molecule has 1 aromatic carbocycles. The number of aromatic nitrogens is 4. The summed E-state index contributed by atoms with van der Waals surface area (Å²) in [5, 5.41) is 0. The fourth-order valence-corrected chi connectivity index (χ4v) is 3.80. The van der Waals surface area contributed by atoms with E-state index in [1.54, 1.807) is 12.5 Å². The molecule has 0 saturated carbocycles. The van der Waals surface area contributed by atoms with Crippen LogP contribution in [0.15, 0.2) is 36.8 Å². The van der Waals surface area contributed by atoms with Gasteiger partial charge in [-0.25, -0.2) is 15.0 Å². The van der Waals surface area contributed by atoms with Gasteiger partial charge in [0.2, 0.25) is 0 Å². The minimum atomic E-state index is 0.702. The second-order valence-corrected chi connectivity index (χ2v) is 7.40. The molecule has 0 aliphatic carbocycles. The van der Waals surface area contributed by atoms with Crippen LogP contribution in [0.4, 0.5) is 5.69 Å². The maximum absolute atomic E-state index is 4.73. The molecular weight excluding hydrogens is 374 g/mol. The largest absolute Gasteiger partial charge is 0.368 e. The lowest BCUT2D eigenvalue weighted by molar-refractivity contribution is 0.294. The van der Waals surface area contributed by atoms with E-state index >= 15 is 0 Å². The third-order valence-corrected chi connectivity index (χ3v) is 5.82. The first kappa shape index (κ1) is 22.2. The lowest BCUT2D eigenvalue weighted by Gasteiger charge is -2.31. The molecule has 162 valence electrons. The van der Waals surface area contributed by atoms with Crippen LogP contribution in [0.25, 0.3) is 22.6 Å². The third-order valence-electron chi connectivity index (χ3n) is 5.82. The van der Waals surface area contributed by atoms with Crippen molar-refractivity contribution in [3.8, 4) is 11.4 Å². The second kappa shape index (κ2) is 11.0. The summed E-state index contributed by atoms with van der Waals surface area (Å²) in [4.78, 5) is 24.0. The molecule has 0 spiro atoms. The molecule has 0 bridgehead atoms. The molecular formula is C23H35N7. The zero-order valence-corrected chi connectivity index (χ0v) is 18.8. The molecule has 0 aliphatic heterocycles. The minimum Gasteiger partial charge on any atom is -0.368 e. The zero-order valence-electron chi connectivity index (χ0n) is 18.8. The smallest absolute Gasteiger partial charge is 0.181 e. The van der Waals surface area contributed by atoms with Gasteiger partial charge in [-0.2, -0.15) is 0 Å². The molecule has 0 aliphatic rings. The van der Waals surface area contributed by atoms with E-state index in [-0.39, 0.29) is 0 Å². The molecule has 0 amide bonds. The van der Waals surface area contributed by atoms with E-state index < -0.39 is 0 Å². The number of aromatic amines is 1. The Bertz CT molecular complexity index is 850. The maximum Gasteiger partial charge on any atom is 0.181 e. The van der Waals surface area contributed by atoms with Crippen LogP contribution < -0.4 is 4.90 Å². The number of nitrogens with zero attached hydrogens (tertiary/aromatic N) is 6. The molecule has 2 heterocycles. The fourth-order valence-electron chi connectivity index (χ4n) is 3.80. The molecule has 3 aromatic rings. The van der Waals surface area contributed by atoms with Gasteiger partial charge in [-0.15, -0.1) is 0 Å². The summed E-state index contributed by atoms with van der Waals surface area (Å²) in [5.74, 6) is 0.844. The van der Waals surface area contributed by atoms with Crippen LogP contribution in [0, 0.1) is 0 Å². The molecule has 30 heavy (non-hydrogen) atoms. The lowest BCUT2D eigenvalue weighted by Crippen LogP contribution is -2.40. The van der Waals surface area contributed by atoms with Crippen molar-refractivity contribution >= 4 is 16.9 Å². The average Bonchev–Trinajstić information content (AvgIpc) is 3.23. The van der Waals surface area contributed by atoms with Crippen molar-refractivity contribution in [3.05, 3.63) is 36.8 Å². The van der Waals surface area contributed by atoms with Crippen LogP contribution >= 0.6 is 0 Å². The van der Waals surface area contributed by atoms with Crippen LogP contribution in [-0.2, 0) is 0 Å².